The lowest BCUT2D eigenvalue weighted by Crippen LogP contribution is -2.09. The molecule has 1 saturated heterocycles. The van der Waals surface area contributed by atoms with E-state index in [0.29, 0.717) is 0 Å². The number of nitrogens with one attached hydrogen (secondary N) is 1. The molecule has 1 N–H and O–H groups in total. The van der Waals surface area contributed by atoms with Crippen LogP contribution in [0.1, 0.15) is 6.42 Å². The van der Waals surface area contributed by atoms with E-state index in [-0.39, 0.29) is 12.4 Å². The monoisotopic (exact) mass is 249 g/mol. The zero-order chi connectivity index (χ0) is 9.10. The first kappa shape index (κ1) is 12.2. The molecule has 1 nitrogen and oxygen atoms in total. The molecule has 14 heavy (non-hydrogen) atoms. The minimum Gasteiger partial charge on any atom is -0.316 e. The molecule has 1 atom stereocenters. The highest BCUT2D eigenvalue weighted by Gasteiger charge is 2.14. The molecule has 1 aliphatic heterocycles. The molecule has 2 rings (SSSR count). The van der Waals surface area contributed by atoms with Gasteiger partial charge in [0.25, 0.3) is 0 Å². The summed E-state index contributed by atoms with van der Waals surface area (Å²) >= 11 is 7.75. The van der Waals surface area contributed by atoms with Gasteiger partial charge in [0, 0.05) is 21.7 Å². The summed E-state index contributed by atoms with van der Waals surface area (Å²) in [5, 5.41) is 4.91. The van der Waals surface area contributed by atoms with Crippen LogP contribution in [0.4, 0.5) is 0 Å². The van der Waals surface area contributed by atoms with E-state index < -0.39 is 0 Å². The van der Waals surface area contributed by atoms with Crippen LogP contribution in [0.15, 0.2) is 29.2 Å². The normalized spacial score (nSPS) is 20.5. The Bertz CT molecular complexity index is 270. The van der Waals surface area contributed by atoms with Crippen molar-refractivity contribution in [2.24, 2.45) is 0 Å². The summed E-state index contributed by atoms with van der Waals surface area (Å²) in [7, 11) is 0. The van der Waals surface area contributed by atoms with Gasteiger partial charge in [-0.2, -0.15) is 0 Å². The van der Waals surface area contributed by atoms with Gasteiger partial charge >= 0.3 is 0 Å². The molecule has 0 spiro atoms. The van der Waals surface area contributed by atoms with E-state index in [4.69, 9.17) is 11.6 Å². The fourth-order valence-electron chi connectivity index (χ4n) is 1.43. The summed E-state index contributed by atoms with van der Waals surface area (Å²) < 4.78 is 0. The topological polar surface area (TPSA) is 12.0 Å². The second-order valence-corrected chi connectivity index (χ2v) is 5.00. The number of rotatable bonds is 2. The number of halogens is 2. The van der Waals surface area contributed by atoms with E-state index in [1.54, 1.807) is 0 Å². The predicted octanol–water partition coefficient (Wildman–Crippen LogP) is 3.22. The summed E-state index contributed by atoms with van der Waals surface area (Å²) in [6, 6.07) is 8.08. The van der Waals surface area contributed by atoms with Gasteiger partial charge in [0.05, 0.1) is 0 Å². The highest BCUT2D eigenvalue weighted by atomic mass is 35.5. The van der Waals surface area contributed by atoms with E-state index in [0.717, 1.165) is 23.4 Å². The molecule has 0 bridgehead atoms. The summed E-state index contributed by atoms with van der Waals surface area (Å²) in [5.74, 6) is 0. The van der Waals surface area contributed by atoms with Crippen molar-refractivity contribution in [3.8, 4) is 0 Å². The van der Waals surface area contributed by atoms with Gasteiger partial charge in [0.15, 0.2) is 0 Å². The lowest BCUT2D eigenvalue weighted by atomic mass is 10.4. The van der Waals surface area contributed by atoms with E-state index in [2.05, 4.69) is 17.4 Å². The van der Waals surface area contributed by atoms with Crippen LogP contribution in [0.2, 0.25) is 5.02 Å². The minimum absolute atomic E-state index is 0. The maximum Gasteiger partial charge on any atom is 0.0406 e. The van der Waals surface area contributed by atoms with Gasteiger partial charge in [-0.05, 0) is 37.2 Å². The zero-order valence-corrected chi connectivity index (χ0v) is 10.1. The third-order valence-corrected chi connectivity index (χ3v) is 3.66. The second-order valence-electron chi connectivity index (χ2n) is 3.19. The van der Waals surface area contributed by atoms with Crippen molar-refractivity contribution in [2.75, 3.05) is 13.1 Å². The van der Waals surface area contributed by atoms with Crippen LogP contribution in [0, 0.1) is 0 Å². The van der Waals surface area contributed by atoms with E-state index in [1.807, 2.05) is 23.9 Å². The number of hydrogen-bond acceptors (Lipinski definition) is 2. The van der Waals surface area contributed by atoms with Crippen molar-refractivity contribution in [3.05, 3.63) is 29.3 Å². The van der Waals surface area contributed by atoms with Gasteiger partial charge in [-0.1, -0.05) is 11.6 Å². The van der Waals surface area contributed by atoms with Crippen molar-refractivity contribution in [2.45, 2.75) is 16.6 Å². The molecule has 1 aliphatic rings. The molecule has 0 amide bonds. The third kappa shape index (κ3) is 3.35. The Balaban J connectivity index is 0.000000980. The molecule has 0 radical (unpaired) electrons. The Morgan fingerprint density at radius 1 is 1.29 bits per heavy atom. The van der Waals surface area contributed by atoms with E-state index in [1.165, 1.54) is 11.3 Å². The molecule has 0 aromatic heterocycles. The van der Waals surface area contributed by atoms with Crippen molar-refractivity contribution in [1.29, 1.82) is 0 Å². The van der Waals surface area contributed by atoms with Gasteiger partial charge in [-0.15, -0.1) is 24.2 Å². The lowest BCUT2D eigenvalue weighted by Gasteiger charge is -2.07. The molecule has 1 unspecified atom stereocenters. The van der Waals surface area contributed by atoms with Crippen LogP contribution in [-0.4, -0.2) is 18.3 Å². The average Bonchev–Trinajstić information content (AvgIpc) is 2.62. The summed E-state index contributed by atoms with van der Waals surface area (Å²) in [5.41, 5.74) is 0. The highest BCUT2D eigenvalue weighted by molar-refractivity contribution is 8.00. The van der Waals surface area contributed by atoms with Crippen molar-refractivity contribution < 1.29 is 0 Å². The summed E-state index contributed by atoms with van der Waals surface area (Å²) in [4.78, 5) is 1.32. The van der Waals surface area contributed by atoms with Crippen LogP contribution in [0.3, 0.4) is 0 Å². The van der Waals surface area contributed by atoms with Crippen LogP contribution < -0.4 is 5.32 Å². The Hall–Kier alpha value is 0.110. The molecular formula is C10H13Cl2NS. The molecule has 78 valence electrons. The Morgan fingerprint density at radius 3 is 2.57 bits per heavy atom. The highest BCUT2D eigenvalue weighted by Crippen LogP contribution is 2.27. The molecular weight excluding hydrogens is 237 g/mol. The summed E-state index contributed by atoms with van der Waals surface area (Å²) in [6.45, 7) is 2.29. The molecule has 4 heteroatoms. The standard InChI is InChI=1S/C10H12ClNS.ClH/c11-8-1-3-9(4-2-8)13-10-5-6-12-7-10;/h1-4,10,12H,5-7H2;1H. The zero-order valence-electron chi connectivity index (χ0n) is 7.70. The fraction of sp³-hybridized carbons (Fsp3) is 0.400. The summed E-state index contributed by atoms with van der Waals surface area (Å²) in [6.07, 6.45) is 1.27. The van der Waals surface area contributed by atoms with Crippen LogP contribution >= 0.6 is 35.8 Å². The van der Waals surface area contributed by atoms with Gasteiger partial charge in [-0.3, -0.25) is 0 Å². The molecule has 1 aromatic rings. The quantitative estimate of drug-likeness (QED) is 0.864. The second kappa shape index (κ2) is 5.86. The van der Waals surface area contributed by atoms with Crippen molar-refractivity contribution in [3.63, 3.8) is 0 Å². The molecule has 1 aromatic carbocycles. The van der Waals surface area contributed by atoms with Gasteiger partial charge in [0.2, 0.25) is 0 Å². The van der Waals surface area contributed by atoms with Crippen molar-refractivity contribution in [1.82, 2.24) is 5.32 Å². The lowest BCUT2D eigenvalue weighted by molar-refractivity contribution is 0.858. The SMILES string of the molecule is Cl.Clc1ccc(SC2CCNC2)cc1. The first-order chi connectivity index (χ1) is 6.34. The molecule has 1 heterocycles. The van der Waals surface area contributed by atoms with Crippen LogP contribution in [0.25, 0.3) is 0 Å². The smallest absolute Gasteiger partial charge is 0.0406 e. The first-order valence-corrected chi connectivity index (χ1v) is 5.73. The van der Waals surface area contributed by atoms with Crippen LogP contribution in [-0.2, 0) is 0 Å². The Labute approximate surface area is 100 Å². The minimum atomic E-state index is 0. The van der Waals surface area contributed by atoms with Gasteiger partial charge in [-0.25, -0.2) is 0 Å². The maximum atomic E-state index is 5.81. The molecule has 0 saturated carbocycles. The van der Waals surface area contributed by atoms with Crippen molar-refractivity contribution >= 4 is 35.8 Å². The number of thioether (sulfide) groups is 1. The van der Waals surface area contributed by atoms with Gasteiger partial charge < -0.3 is 5.32 Å². The van der Waals surface area contributed by atoms with E-state index >= 15 is 0 Å². The maximum absolute atomic E-state index is 5.81. The first-order valence-electron chi connectivity index (χ1n) is 4.47. The Kier molecular flexibility index (Phi) is 5.10. The third-order valence-electron chi connectivity index (χ3n) is 2.13. The molecule has 0 aliphatic carbocycles. The molecule has 1 fully saturated rings. The largest absolute Gasteiger partial charge is 0.316 e. The van der Waals surface area contributed by atoms with Crippen LogP contribution in [0.5, 0.6) is 0 Å². The fourth-order valence-corrected chi connectivity index (χ4v) is 2.68. The van der Waals surface area contributed by atoms with Gasteiger partial charge in [0.1, 0.15) is 0 Å². The average molecular weight is 250 g/mol. The number of benzene rings is 1. The van der Waals surface area contributed by atoms with E-state index in [9.17, 15) is 0 Å². The number of hydrogen-bond donors (Lipinski definition) is 1. The Morgan fingerprint density at radius 2 is 2.00 bits per heavy atom. The predicted molar refractivity (Wildman–Crippen MR) is 65.8 cm³/mol.